The van der Waals surface area contributed by atoms with Crippen LogP contribution in [0.1, 0.15) is 13.8 Å². The molecule has 5 nitrogen and oxygen atoms in total. The Bertz CT molecular complexity index is 657. The fraction of sp³-hybridized carbons (Fsp3) is 0.278. The van der Waals surface area contributed by atoms with Crippen LogP contribution in [0, 0.1) is 0 Å². The lowest BCUT2D eigenvalue weighted by Crippen LogP contribution is -2.30. The third-order valence-corrected chi connectivity index (χ3v) is 3.19. The monoisotopic (exact) mass is 315 g/mol. The molecular formula is C18H21NO4. The molecule has 0 aromatic heterocycles. The summed E-state index contributed by atoms with van der Waals surface area (Å²) in [5, 5.41) is 2.82. The molecule has 0 saturated heterocycles. The van der Waals surface area contributed by atoms with Gasteiger partial charge in [-0.05, 0) is 38.1 Å². The Morgan fingerprint density at radius 3 is 2.30 bits per heavy atom. The van der Waals surface area contributed by atoms with Crippen LogP contribution in [-0.4, -0.2) is 25.7 Å². The first-order valence-electron chi connectivity index (χ1n) is 7.48. The van der Waals surface area contributed by atoms with E-state index in [2.05, 4.69) is 5.32 Å². The van der Waals surface area contributed by atoms with Crippen LogP contribution >= 0.6 is 0 Å². The lowest BCUT2D eigenvalue weighted by atomic mass is 10.2. The van der Waals surface area contributed by atoms with Crippen molar-refractivity contribution in [2.45, 2.75) is 20.0 Å². The number of ether oxygens (including phenoxy) is 3. The smallest absolute Gasteiger partial charge is 0.265 e. The highest BCUT2D eigenvalue weighted by Gasteiger charge is 2.18. The van der Waals surface area contributed by atoms with Crippen molar-refractivity contribution in [1.82, 2.24) is 0 Å². The van der Waals surface area contributed by atoms with E-state index in [9.17, 15) is 4.79 Å². The van der Waals surface area contributed by atoms with Gasteiger partial charge in [0, 0.05) is 0 Å². The van der Waals surface area contributed by atoms with E-state index in [0.29, 0.717) is 29.5 Å². The Kier molecular flexibility index (Phi) is 5.86. The summed E-state index contributed by atoms with van der Waals surface area (Å²) in [6.07, 6.45) is -0.680. The SMILES string of the molecule is CCOc1ccccc1NC(=O)[C@@H](C)Oc1ccccc1OC. The molecule has 2 rings (SSSR count). The van der Waals surface area contributed by atoms with Crippen molar-refractivity contribution in [2.24, 2.45) is 0 Å². The van der Waals surface area contributed by atoms with Gasteiger partial charge in [-0.25, -0.2) is 0 Å². The first-order valence-corrected chi connectivity index (χ1v) is 7.48. The van der Waals surface area contributed by atoms with Crippen LogP contribution in [0.15, 0.2) is 48.5 Å². The van der Waals surface area contributed by atoms with Gasteiger partial charge >= 0.3 is 0 Å². The Hall–Kier alpha value is -2.69. The first kappa shape index (κ1) is 16.7. The fourth-order valence-electron chi connectivity index (χ4n) is 2.05. The molecule has 1 amide bonds. The van der Waals surface area contributed by atoms with E-state index in [1.165, 1.54) is 0 Å². The Labute approximate surface area is 136 Å². The Morgan fingerprint density at radius 1 is 1.04 bits per heavy atom. The van der Waals surface area contributed by atoms with E-state index in [1.807, 2.05) is 37.3 Å². The predicted molar refractivity (Wildman–Crippen MR) is 89.3 cm³/mol. The van der Waals surface area contributed by atoms with E-state index in [1.54, 1.807) is 32.2 Å². The normalized spacial score (nSPS) is 11.4. The number of methoxy groups -OCH3 is 1. The molecule has 5 heteroatoms. The van der Waals surface area contributed by atoms with Crippen molar-refractivity contribution in [3.63, 3.8) is 0 Å². The average molecular weight is 315 g/mol. The van der Waals surface area contributed by atoms with Crippen LogP contribution in [0.25, 0.3) is 0 Å². The number of benzene rings is 2. The minimum Gasteiger partial charge on any atom is -0.493 e. The van der Waals surface area contributed by atoms with Gasteiger partial charge in [0.2, 0.25) is 0 Å². The van der Waals surface area contributed by atoms with Crippen molar-refractivity contribution >= 4 is 11.6 Å². The van der Waals surface area contributed by atoms with Gasteiger partial charge in [0.15, 0.2) is 17.6 Å². The van der Waals surface area contributed by atoms with Crippen LogP contribution in [0.4, 0.5) is 5.69 Å². The first-order chi connectivity index (χ1) is 11.2. The number of hydrogen-bond acceptors (Lipinski definition) is 4. The van der Waals surface area contributed by atoms with Crippen LogP contribution < -0.4 is 19.5 Å². The molecule has 2 aromatic rings. The fourth-order valence-corrected chi connectivity index (χ4v) is 2.05. The molecule has 0 radical (unpaired) electrons. The van der Waals surface area contributed by atoms with Crippen LogP contribution in [-0.2, 0) is 4.79 Å². The average Bonchev–Trinajstić information content (AvgIpc) is 2.57. The van der Waals surface area contributed by atoms with Crippen LogP contribution in [0.2, 0.25) is 0 Å². The molecule has 0 aliphatic rings. The minimum atomic E-state index is -0.680. The van der Waals surface area contributed by atoms with Gasteiger partial charge < -0.3 is 19.5 Å². The summed E-state index contributed by atoms with van der Waals surface area (Å²) in [6, 6.07) is 14.5. The number of carbonyl (C=O) groups is 1. The van der Waals surface area contributed by atoms with Gasteiger partial charge in [-0.3, -0.25) is 4.79 Å². The van der Waals surface area contributed by atoms with Crippen molar-refractivity contribution < 1.29 is 19.0 Å². The van der Waals surface area contributed by atoms with E-state index in [-0.39, 0.29) is 5.91 Å². The predicted octanol–water partition coefficient (Wildman–Crippen LogP) is 3.50. The molecule has 23 heavy (non-hydrogen) atoms. The summed E-state index contributed by atoms with van der Waals surface area (Å²) in [6.45, 7) is 4.11. The molecule has 122 valence electrons. The lowest BCUT2D eigenvalue weighted by molar-refractivity contribution is -0.122. The minimum absolute atomic E-state index is 0.261. The summed E-state index contributed by atoms with van der Waals surface area (Å²) in [5.41, 5.74) is 0.620. The maximum absolute atomic E-state index is 12.3. The molecule has 0 fully saturated rings. The largest absolute Gasteiger partial charge is 0.493 e. The molecule has 2 aromatic carbocycles. The van der Waals surface area contributed by atoms with E-state index >= 15 is 0 Å². The number of anilines is 1. The van der Waals surface area contributed by atoms with E-state index < -0.39 is 6.10 Å². The second kappa shape index (κ2) is 8.08. The second-order valence-electron chi connectivity index (χ2n) is 4.83. The molecule has 0 saturated carbocycles. The summed E-state index contributed by atoms with van der Waals surface area (Å²) < 4.78 is 16.4. The molecular weight excluding hydrogens is 294 g/mol. The molecule has 0 unspecified atom stereocenters. The van der Waals surface area contributed by atoms with Crippen molar-refractivity contribution in [1.29, 1.82) is 0 Å². The molecule has 0 bridgehead atoms. The number of carbonyl (C=O) groups excluding carboxylic acids is 1. The van der Waals surface area contributed by atoms with Crippen molar-refractivity contribution in [3.05, 3.63) is 48.5 Å². The van der Waals surface area contributed by atoms with Gasteiger partial charge in [-0.2, -0.15) is 0 Å². The maximum atomic E-state index is 12.3. The van der Waals surface area contributed by atoms with Crippen LogP contribution in [0.5, 0.6) is 17.2 Å². The number of rotatable bonds is 7. The summed E-state index contributed by atoms with van der Waals surface area (Å²) in [7, 11) is 1.56. The number of hydrogen-bond donors (Lipinski definition) is 1. The number of para-hydroxylation sites is 4. The maximum Gasteiger partial charge on any atom is 0.265 e. The number of amides is 1. The quantitative estimate of drug-likeness (QED) is 0.849. The van der Waals surface area contributed by atoms with Crippen molar-refractivity contribution in [2.75, 3.05) is 19.0 Å². The molecule has 1 N–H and O–H groups in total. The third-order valence-electron chi connectivity index (χ3n) is 3.19. The third kappa shape index (κ3) is 4.39. The zero-order valence-corrected chi connectivity index (χ0v) is 13.5. The van der Waals surface area contributed by atoms with Gasteiger partial charge in [-0.1, -0.05) is 24.3 Å². The van der Waals surface area contributed by atoms with Crippen LogP contribution in [0.3, 0.4) is 0 Å². The molecule has 0 heterocycles. The van der Waals surface area contributed by atoms with E-state index in [0.717, 1.165) is 0 Å². The van der Waals surface area contributed by atoms with Crippen molar-refractivity contribution in [3.8, 4) is 17.2 Å². The van der Waals surface area contributed by atoms with E-state index in [4.69, 9.17) is 14.2 Å². The lowest BCUT2D eigenvalue weighted by Gasteiger charge is -2.17. The van der Waals surface area contributed by atoms with Gasteiger partial charge in [0.05, 0.1) is 19.4 Å². The molecule has 1 atom stereocenters. The molecule has 0 aliphatic heterocycles. The summed E-state index contributed by atoms with van der Waals surface area (Å²) in [4.78, 5) is 12.3. The molecule has 0 aliphatic carbocycles. The van der Waals surface area contributed by atoms with Gasteiger partial charge in [-0.15, -0.1) is 0 Å². The second-order valence-corrected chi connectivity index (χ2v) is 4.83. The highest BCUT2D eigenvalue weighted by Crippen LogP contribution is 2.28. The Balaban J connectivity index is 2.06. The Morgan fingerprint density at radius 2 is 1.65 bits per heavy atom. The van der Waals surface area contributed by atoms with Gasteiger partial charge in [0.25, 0.3) is 5.91 Å². The standard InChI is InChI=1S/C18H21NO4/c1-4-22-15-10-6-5-9-14(15)19-18(20)13(2)23-17-12-8-7-11-16(17)21-3/h5-13H,4H2,1-3H3,(H,19,20)/t13-/m1/s1. The topological polar surface area (TPSA) is 56.8 Å². The zero-order chi connectivity index (χ0) is 16.7. The summed E-state index contributed by atoms with van der Waals surface area (Å²) >= 11 is 0. The zero-order valence-electron chi connectivity index (χ0n) is 13.5. The summed E-state index contributed by atoms with van der Waals surface area (Å²) in [5.74, 6) is 1.48. The molecule has 0 spiro atoms. The highest BCUT2D eigenvalue weighted by molar-refractivity contribution is 5.95. The number of nitrogens with one attached hydrogen (secondary N) is 1. The van der Waals surface area contributed by atoms with Gasteiger partial charge in [0.1, 0.15) is 5.75 Å². The highest BCUT2D eigenvalue weighted by atomic mass is 16.5.